The van der Waals surface area contributed by atoms with Crippen molar-refractivity contribution in [3.8, 4) is 0 Å². The Hall–Kier alpha value is -1.46. The molecule has 1 aromatic carbocycles. The Morgan fingerprint density at radius 3 is 2.89 bits per heavy atom. The molecule has 1 unspecified atom stereocenters. The van der Waals surface area contributed by atoms with E-state index in [-0.39, 0.29) is 18.3 Å². The van der Waals surface area contributed by atoms with Gasteiger partial charge in [-0.25, -0.2) is 4.39 Å². The van der Waals surface area contributed by atoms with Gasteiger partial charge in [-0.05, 0) is 31.2 Å². The highest BCUT2D eigenvalue weighted by Gasteiger charge is 2.10. The number of halogens is 1. The second-order valence-corrected chi connectivity index (χ2v) is 4.50. The van der Waals surface area contributed by atoms with Gasteiger partial charge in [0.2, 0.25) is 0 Å². The Bertz CT molecular complexity index is 398. The van der Waals surface area contributed by atoms with Crippen LogP contribution in [-0.2, 0) is 11.2 Å². The molecule has 0 aromatic heterocycles. The smallest absolute Gasteiger partial charge is 0.304 e. The Morgan fingerprint density at radius 2 is 2.28 bits per heavy atom. The van der Waals surface area contributed by atoms with Gasteiger partial charge in [-0.15, -0.1) is 0 Å². The van der Waals surface area contributed by atoms with Gasteiger partial charge in [0.15, 0.2) is 0 Å². The Labute approximate surface area is 106 Å². The summed E-state index contributed by atoms with van der Waals surface area (Å²) in [6, 6.07) is 6.09. The van der Waals surface area contributed by atoms with Gasteiger partial charge in [-0.2, -0.15) is 0 Å². The number of carboxylic acid groups (broad SMARTS) is 1. The molecular weight excluding hydrogens is 235 g/mol. The van der Waals surface area contributed by atoms with Crippen LogP contribution >= 0.6 is 0 Å². The first-order valence-electron chi connectivity index (χ1n) is 5.87. The third-order valence-electron chi connectivity index (χ3n) is 2.65. The third kappa shape index (κ3) is 5.75. The molecule has 0 fully saturated rings. The van der Waals surface area contributed by atoms with E-state index in [4.69, 9.17) is 10.8 Å². The van der Waals surface area contributed by atoms with Crippen LogP contribution in [0.15, 0.2) is 24.3 Å². The molecule has 0 amide bonds. The molecule has 0 bridgehead atoms. The Morgan fingerprint density at radius 1 is 1.56 bits per heavy atom. The van der Waals surface area contributed by atoms with E-state index in [2.05, 4.69) is 0 Å². The number of carbonyl (C=O) groups is 1. The summed E-state index contributed by atoms with van der Waals surface area (Å²) < 4.78 is 12.9. The molecule has 0 heterocycles. The van der Waals surface area contributed by atoms with Gasteiger partial charge in [-0.1, -0.05) is 12.1 Å². The van der Waals surface area contributed by atoms with E-state index in [9.17, 15) is 9.18 Å². The number of hydrogen-bond donors (Lipinski definition) is 2. The molecule has 0 radical (unpaired) electrons. The van der Waals surface area contributed by atoms with Crippen molar-refractivity contribution >= 4 is 5.97 Å². The maximum Gasteiger partial charge on any atom is 0.304 e. The van der Waals surface area contributed by atoms with Crippen molar-refractivity contribution in [2.45, 2.75) is 18.9 Å². The average Bonchev–Trinajstić information content (AvgIpc) is 2.25. The van der Waals surface area contributed by atoms with Crippen LogP contribution in [0.5, 0.6) is 0 Å². The molecule has 18 heavy (non-hydrogen) atoms. The van der Waals surface area contributed by atoms with E-state index in [1.165, 1.54) is 12.1 Å². The highest BCUT2D eigenvalue weighted by atomic mass is 19.1. The van der Waals surface area contributed by atoms with Crippen LogP contribution in [0.2, 0.25) is 0 Å². The van der Waals surface area contributed by atoms with Gasteiger partial charge in [-0.3, -0.25) is 4.79 Å². The lowest BCUT2D eigenvalue weighted by atomic mass is 10.1. The zero-order valence-corrected chi connectivity index (χ0v) is 10.5. The number of nitrogens with two attached hydrogens (primary N) is 1. The van der Waals surface area contributed by atoms with Crippen LogP contribution in [0, 0.1) is 5.82 Å². The largest absolute Gasteiger partial charge is 0.481 e. The second-order valence-electron chi connectivity index (χ2n) is 4.50. The maximum absolute atomic E-state index is 12.9. The van der Waals surface area contributed by atoms with Crippen molar-refractivity contribution in [1.82, 2.24) is 4.90 Å². The SMILES string of the molecule is CN(CCc1cccc(F)c1)CC(N)CC(=O)O. The molecule has 1 atom stereocenters. The number of aliphatic carboxylic acids is 1. The van der Waals surface area contributed by atoms with Crippen LogP contribution in [0.3, 0.4) is 0 Å². The number of carboxylic acids is 1. The number of rotatable bonds is 7. The Kier molecular flexibility index (Phi) is 5.74. The standard InChI is InChI=1S/C13H19FN2O2/c1-16(9-12(15)8-13(17)18)6-5-10-3-2-4-11(14)7-10/h2-4,7,12H,5-6,8-9,15H2,1H3,(H,17,18). The lowest BCUT2D eigenvalue weighted by molar-refractivity contribution is -0.137. The molecule has 1 rings (SSSR count). The van der Waals surface area contributed by atoms with Gasteiger partial charge in [0.25, 0.3) is 0 Å². The van der Waals surface area contributed by atoms with Crippen molar-refractivity contribution in [1.29, 1.82) is 0 Å². The van der Waals surface area contributed by atoms with Gasteiger partial charge in [0.1, 0.15) is 5.82 Å². The van der Waals surface area contributed by atoms with Gasteiger partial charge in [0.05, 0.1) is 6.42 Å². The van der Waals surface area contributed by atoms with Crippen LogP contribution in [0.1, 0.15) is 12.0 Å². The molecule has 3 N–H and O–H groups in total. The molecule has 0 spiro atoms. The van der Waals surface area contributed by atoms with E-state index < -0.39 is 5.97 Å². The van der Waals surface area contributed by atoms with Crippen LogP contribution in [-0.4, -0.2) is 42.2 Å². The number of benzene rings is 1. The first kappa shape index (κ1) is 14.6. The molecule has 100 valence electrons. The van der Waals surface area contributed by atoms with Crippen molar-refractivity contribution in [2.75, 3.05) is 20.1 Å². The molecule has 0 saturated carbocycles. The fourth-order valence-electron chi connectivity index (χ4n) is 1.79. The lowest BCUT2D eigenvalue weighted by Gasteiger charge is -2.20. The van der Waals surface area contributed by atoms with Crippen LogP contribution in [0.25, 0.3) is 0 Å². The predicted molar refractivity (Wildman–Crippen MR) is 67.8 cm³/mol. The van der Waals surface area contributed by atoms with E-state index in [0.717, 1.165) is 12.1 Å². The Balaban J connectivity index is 2.32. The normalized spacial score (nSPS) is 12.7. The predicted octanol–water partition coefficient (Wildman–Crippen LogP) is 1.10. The zero-order valence-electron chi connectivity index (χ0n) is 10.5. The number of nitrogens with zero attached hydrogens (tertiary/aromatic N) is 1. The topological polar surface area (TPSA) is 66.6 Å². The summed E-state index contributed by atoms with van der Waals surface area (Å²) in [4.78, 5) is 12.4. The van der Waals surface area contributed by atoms with E-state index in [0.29, 0.717) is 13.0 Å². The van der Waals surface area contributed by atoms with Crippen molar-refractivity contribution < 1.29 is 14.3 Å². The van der Waals surface area contributed by atoms with Gasteiger partial charge >= 0.3 is 5.97 Å². The van der Waals surface area contributed by atoms with Gasteiger partial charge < -0.3 is 15.7 Å². The first-order chi connectivity index (χ1) is 8.47. The summed E-state index contributed by atoms with van der Waals surface area (Å²) in [5.41, 5.74) is 6.61. The summed E-state index contributed by atoms with van der Waals surface area (Å²) in [7, 11) is 1.88. The first-order valence-corrected chi connectivity index (χ1v) is 5.87. The van der Waals surface area contributed by atoms with E-state index >= 15 is 0 Å². The zero-order chi connectivity index (χ0) is 13.5. The van der Waals surface area contributed by atoms with E-state index in [1.807, 2.05) is 18.0 Å². The summed E-state index contributed by atoms with van der Waals surface area (Å²) in [5, 5.41) is 8.60. The summed E-state index contributed by atoms with van der Waals surface area (Å²) >= 11 is 0. The van der Waals surface area contributed by atoms with Gasteiger partial charge in [0, 0.05) is 19.1 Å². The molecule has 0 saturated heterocycles. The van der Waals surface area contributed by atoms with Crippen LogP contribution < -0.4 is 5.73 Å². The summed E-state index contributed by atoms with van der Waals surface area (Å²) in [6.45, 7) is 1.23. The lowest BCUT2D eigenvalue weighted by Crippen LogP contribution is -2.37. The van der Waals surface area contributed by atoms with Crippen molar-refractivity contribution in [3.05, 3.63) is 35.6 Å². The fraction of sp³-hybridized carbons (Fsp3) is 0.462. The quantitative estimate of drug-likeness (QED) is 0.764. The second kappa shape index (κ2) is 7.08. The highest BCUT2D eigenvalue weighted by Crippen LogP contribution is 2.05. The van der Waals surface area contributed by atoms with Crippen molar-refractivity contribution in [3.63, 3.8) is 0 Å². The third-order valence-corrected chi connectivity index (χ3v) is 2.65. The van der Waals surface area contributed by atoms with E-state index in [1.54, 1.807) is 6.07 Å². The van der Waals surface area contributed by atoms with Crippen LogP contribution in [0.4, 0.5) is 4.39 Å². The minimum absolute atomic E-state index is 0.0374. The summed E-state index contributed by atoms with van der Waals surface area (Å²) in [6.07, 6.45) is 0.679. The molecule has 5 heteroatoms. The minimum atomic E-state index is -0.888. The fourth-order valence-corrected chi connectivity index (χ4v) is 1.79. The molecule has 1 aromatic rings. The maximum atomic E-state index is 12.9. The molecule has 0 aliphatic rings. The minimum Gasteiger partial charge on any atom is -0.481 e. The molecule has 0 aliphatic carbocycles. The monoisotopic (exact) mass is 254 g/mol. The number of likely N-dealkylation sites (N-methyl/N-ethyl adjacent to an activating group) is 1. The van der Waals surface area contributed by atoms with Crippen molar-refractivity contribution in [2.24, 2.45) is 5.73 Å². The molecule has 4 nitrogen and oxygen atoms in total. The highest BCUT2D eigenvalue weighted by molar-refractivity contribution is 5.67. The summed E-state index contributed by atoms with van der Waals surface area (Å²) in [5.74, 6) is -1.13. The number of hydrogen-bond acceptors (Lipinski definition) is 3. The average molecular weight is 254 g/mol. The molecular formula is C13H19FN2O2. The molecule has 0 aliphatic heterocycles.